The smallest absolute Gasteiger partial charge is 0.211 e. The van der Waals surface area contributed by atoms with Gasteiger partial charge in [0.05, 0.1) is 17.1 Å². The predicted molar refractivity (Wildman–Crippen MR) is 85.2 cm³/mol. The van der Waals surface area contributed by atoms with Crippen molar-refractivity contribution >= 4 is 47.5 Å². The standard InChI is InChI=1S/C17H9N3O3/c21-10-18-15-5-3-13(4-6-15)1-2-14-7-16(19-11-22)9-17(8-14)20-12-23/h1-9H/b2-1+. The van der Waals surface area contributed by atoms with E-state index in [0.717, 1.165) is 5.56 Å². The lowest BCUT2D eigenvalue weighted by Crippen LogP contribution is -1.75. The van der Waals surface area contributed by atoms with Crippen molar-refractivity contribution in [2.24, 2.45) is 15.0 Å². The van der Waals surface area contributed by atoms with Gasteiger partial charge < -0.3 is 0 Å². The maximum Gasteiger partial charge on any atom is 0.240 e. The van der Waals surface area contributed by atoms with E-state index < -0.39 is 0 Å². The number of hydrogen-bond donors (Lipinski definition) is 0. The molecule has 0 aromatic heterocycles. The zero-order valence-electron chi connectivity index (χ0n) is 11.8. The maximum atomic E-state index is 10.4. The highest BCUT2D eigenvalue weighted by Gasteiger charge is 1.98. The lowest BCUT2D eigenvalue weighted by atomic mass is 10.1. The van der Waals surface area contributed by atoms with E-state index in [-0.39, 0.29) is 0 Å². The lowest BCUT2D eigenvalue weighted by molar-refractivity contribution is 0.564. The van der Waals surface area contributed by atoms with Gasteiger partial charge in [-0.2, -0.15) is 15.0 Å². The van der Waals surface area contributed by atoms with Crippen LogP contribution in [0.25, 0.3) is 12.2 Å². The summed E-state index contributed by atoms with van der Waals surface area (Å²) in [5.41, 5.74) is 2.77. The molecule has 23 heavy (non-hydrogen) atoms. The van der Waals surface area contributed by atoms with E-state index in [1.165, 1.54) is 24.3 Å². The number of benzene rings is 2. The van der Waals surface area contributed by atoms with Gasteiger partial charge >= 0.3 is 0 Å². The number of aliphatic imine (C=N–C) groups is 3. The van der Waals surface area contributed by atoms with Crippen LogP contribution in [0.2, 0.25) is 0 Å². The first-order chi connectivity index (χ1) is 11.2. The van der Waals surface area contributed by atoms with Gasteiger partial charge in [-0.3, -0.25) is 0 Å². The van der Waals surface area contributed by atoms with Crippen LogP contribution < -0.4 is 0 Å². The summed E-state index contributed by atoms with van der Waals surface area (Å²) in [4.78, 5) is 41.4. The van der Waals surface area contributed by atoms with Crippen LogP contribution in [0.3, 0.4) is 0 Å². The van der Waals surface area contributed by atoms with Crippen molar-refractivity contribution in [3.8, 4) is 0 Å². The molecule has 0 unspecified atom stereocenters. The molecule has 6 nitrogen and oxygen atoms in total. The molecule has 0 fully saturated rings. The van der Waals surface area contributed by atoms with Crippen molar-refractivity contribution in [1.82, 2.24) is 0 Å². The summed E-state index contributed by atoms with van der Waals surface area (Å²) in [7, 11) is 0. The second kappa shape index (κ2) is 7.93. The van der Waals surface area contributed by atoms with E-state index in [0.29, 0.717) is 22.6 Å². The summed E-state index contributed by atoms with van der Waals surface area (Å²) < 4.78 is 0. The lowest BCUT2D eigenvalue weighted by Gasteiger charge is -1.99. The molecule has 0 amide bonds. The number of carbonyl (C=O) groups excluding carboxylic acids is 3. The van der Waals surface area contributed by atoms with Crippen LogP contribution in [0.1, 0.15) is 11.1 Å². The molecule has 0 bridgehead atoms. The summed E-state index contributed by atoms with van der Waals surface area (Å²) in [5.74, 6) is 0. The topological polar surface area (TPSA) is 88.3 Å². The first-order valence-electron chi connectivity index (χ1n) is 6.42. The quantitative estimate of drug-likeness (QED) is 0.478. The molecule has 0 radical (unpaired) electrons. The summed E-state index contributed by atoms with van der Waals surface area (Å²) in [5, 5.41) is 0. The van der Waals surface area contributed by atoms with E-state index in [9.17, 15) is 14.4 Å². The normalized spacial score (nSPS) is 9.57. The minimum atomic E-state index is 0.340. The molecule has 6 heteroatoms. The molecule has 110 valence electrons. The minimum Gasteiger partial charge on any atom is -0.211 e. The van der Waals surface area contributed by atoms with Crippen molar-refractivity contribution in [1.29, 1.82) is 0 Å². The fraction of sp³-hybridized carbons (Fsp3) is 0. The van der Waals surface area contributed by atoms with Crippen LogP contribution in [-0.2, 0) is 14.4 Å². The van der Waals surface area contributed by atoms with E-state index >= 15 is 0 Å². The Hall–Kier alpha value is -3.68. The molecule has 2 rings (SSSR count). The number of isocyanates is 3. The van der Waals surface area contributed by atoms with Crippen molar-refractivity contribution in [3.63, 3.8) is 0 Å². The maximum absolute atomic E-state index is 10.4. The second-order valence-electron chi connectivity index (χ2n) is 4.32. The van der Waals surface area contributed by atoms with E-state index in [2.05, 4.69) is 15.0 Å². The molecular formula is C17H9N3O3. The van der Waals surface area contributed by atoms with Crippen LogP contribution in [-0.4, -0.2) is 18.2 Å². The average Bonchev–Trinajstić information content (AvgIpc) is 2.55. The Morgan fingerprint density at radius 2 is 1.09 bits per heavy atom. The third kappa shape index (κ3) is 4.67. The highest BCUT2D eigenvalue weighted by molar-refractivity contribution is 5.74. The predicted octanol–water partition coefficient (Wildman–Crippen LogP) is 3.76. The van der Waals surface area contributed by atoms with Gasteiger partial charge in [-0.25, -0.2) is 14.4 Å². The van der Waals surface area contributed by atoms with Crippen LogP contribution >= 0.6 is 0 Å². The summed E-state index contributed by atoms with van der Waals surface area (Å²) in [6, 6.07) is 11.7. The second-order valence-corrected chi connectivity index (χ2v) is 4.32. The van der Waals surface area contributed by atoms with Crippen molar-refractivity contribution in [2.75, 3.05) is 0 Å². The zero-order valence-corrected chi connectivity index (χ0v) is 11.8. The fourth-order valence-corrected chi connectivity index (χ4v) is 1.85. The fourth-order valence-electron chi connectivity index (χ4n) is 1.85. The molecule has 0 aliphatic carbocycles. The van der Waals surface area contributed by atoms with Gasteiger partial charge in [-0.05, 0) is 41.5 Å². The summed E-state index contributed by atoms with van der Waals surface area (Å²) in [6.45, 7) is 0. The highest BCUT2D eigenvalue weighted by Crippen LogP contribution is 2.24. The van der Waals surface area contributed by atoms with Gasteiger partial charge in [0, 0.05) is 0 Å². The SMILES string of the molecule is O=C=Nc1ccc(/C=C/c2cc(N=C=O)cc(N=C=O)c2)cc1. The molecule has 0 atom stereocenters. The van der Waals surface area contributed by atoms with Crippen LogP contribution in [0.4, 0.5) is 17.1 Å². The third-order valence-corrected chi connectivity index (χ3v) is 2.81. The van der Waals surface area contributed by atoms with Gasteiger partial charge in [0.2, 0.25) is 18.2 Å². The number of nitrogens with zero attached hydrogens (tertiary/aromatic N) is 3. The van der Waals surface area contributed by atoms with Gasteiger partial charge in [0.15, 0.2) is 0 Å². The first-order valence-corrected chi connectivity index (χ1v) is 6.42. The van der Waals surface area contributed by atoms with Crippen LogP contribution in [0.5, 0.6) is 0 Å². The Kier molecular flexibility index (Phi) is 5.42. The molecule has 0 heterocycles. The van der Waals surface area contributed by atoms with Gasteiger partial charge in [0.25, 0.3) is 0 Å². The van der Waals surface area contributed by atoms with E-state index in [4.69, 9.17) is 0 Å². The molecule has 0 saturated carbocycles. The molecule has 0 spiro atoms. The van der Waals surface area contributed by atoms with Crippen LogP contribution in [0.15, 0.2) is 57.4 Å². The van der Waals surface area contributed by atoms with E-state index in [1.54, 1.807) is 42.5 Å². The summed E-state index contributed by atoms with van der Waals surface area (Å²) >= 11 is 0. The molecular weight excluding hydrogens is 294 g/mol. The van der Waals surface area contributed by atoms with Crippen molar-refractivity contribution in [2.45, 2.75) is 0 Å². The Morgan fingerprint density at radius 3 is 1.61 bits per heavy atom. The highest BCUT2D eigenvalue weighted by atomic mass is 16.1. The van der Waals surface area contributed by atoms with Crippen molar-refractivity contribution < 1.29 is 14.4 Å². The Labute approximate surface area is 131 Å². The van der Waals surface area contributed by atoms with Gasteiger partial charge in [0.1, 0.15) is 0 Å². The summed E-state index contributed by atoms with van der Waals surface area (Å²) in [6.07, 6.45) is 7.94. The zero-order chi connectivity index (χ0) is 16.5. The molecule has 2 aromatic rings. The van der Waals surface area contributed by atoms with E-state index in [1.807, 2.05) is 6.08 Å². The monoisotopic (exact) mass is 303 g/mol. The average molecular weight is 303 g/mol. The number of rotatable bonds is 5. The molecule has 2 aromatic carbocycles. The Balaban J connectivity index is 2.32. The number of hydrogen-bond acceptors (Lipinski definition) is 6. The van der Waals surface area contributed by atoms with Gasteiger partial charge in [-0.15, -0.1) is 0 Å². The minimum absolute atomic E-state index is 0.340. The Morgan fingerprint density at radius 1 is 0.609 bits per heavy atom. The van der Waals surface area contributed by atoms with Crippen molar-refractivity contribution in [3.05, 3.63) is 53.6 Å². The molecule has 0 saturated heterocycles. The van der Waals surface area contributed by atoms with Gasteiger partial charge in [-0.1, -0.05) is 24.3 Å². The molecule has 0 N–H and O–H groups in total. The Bertz CT molecular complexity index is 846. The third-order valence-electron chi connectivity index (χ3n) is 2.81. The largest absolute Gasteiger partial charge is 0.240 e. The molecule has 0 aliphatic rings. The van der Waals surface area contributed by atoms with Crippen LogP contribution in [0, 0.1) is 0 Å². The first kappa shape index (κ1) is 15.7. The molecule has 0 aliphatic heterocycles.